The van der Waals surface area contributed by atoms with E-state index in [-0.39, 0.29) is 11.8 Å². The van der Waals surface area contributed by atoms with Crippen LogP contribution in [0.15, 0.2) is 24.3 Å². The Morgan fingerprint density at radius 2 is 2.16 bits per heavy atom. The molecule has 0 saturated heterocycles. The maximum atomic E-state index is 11.9. The maximum Gasteiger partial charge on any atom is 0.224 e. The van der Waals surface area contributed by atoms with Crippen LogP contribution in [0.3, 0.4) is 0 Å². The van der Waals surface area contributed by atoms with Gasteiger partial charge in [0, 0.05) is 13.1 Å². The van der Waals surface area contributed by atoms with Gasteiger partial charge in [0.2, 0.25) is 5.91 Å². The standard InChI is InChI=1S/C15H24N2O2/c1-3-6-13(11-16)15(18)17-10-9-12-7-4-5-8-14(12)19-2/h4-5,7-8,13H,3,6,9-11,16H2,1-2H3,(H,17,18). The number of para-hydroxylation sites is 1. The van der Waals surface area contributed by atoms with E-state index < -0.39 is 0 Å². The predicted molar refractivity (Wildman–Crippen MR) is 77.2 cm³/mol. The zero-order chi connectivity index (χ0) is 14.1. The summed E-state index contributed by atoms with van der Waals surface area (Å²) in [6.07, 6.45) is 2.58. The molecule has 0 spiro atoms. The molecule has 0 aliphatic carbocycles. The van der Waals surface area contributed by atoms with Gasteiger partial charge in [-0.2, -0.15) is 0 Å². The summed E-state index contributed by atoms with van der Waals surface area (Å²) in [6, 6.07) is 7.85. The summed E-state index contributed by atoms with van der Waals surface area (Å²) in [4.78, 5) is 11.9. The fourth-order valence-corrected chi connectivity index (χ4v) is 2.08. The van der Waals surface area contributed by atoms with Gasteiger partial charge in [-0.15, -0.1) is 0 Å². The number of benzene rings is 1. The van der Waals surface area contributed by atoms with Crippen LogP contribution in [0.25, 0.3) is 0 Å². The molecule has 0 aliphatic rings. The summed E-state index contributed by atoms with van der Waals surface area (Å²) in [5.74, 6) is 0.850. The first-order valence-electron chi connectivity index (χ1n) is 6.82. The van der Waals surface area contributed by atoms with Crippen molar-refractivity contribution < 1.29 is 9.53 Å². The monoisotopic (exact) mass is 264 g/mol. The summed E-state index contributed by atoms with van der Waals surface area (Å²) in [5.41, 5.74) is 6.71. The van der Waals surface area contributed by atoms with Crippen LogP contribution >= 0.6 is 0 Å². The second-order valence-electron chi connectivity index (χ2n) is 4.57. The molecule has 1 rings (SSSR count). The third kappa shape index (κ3) is 4.91. The molecule has 106 valence electrons. The number of hydrogen-bond acceptors (Lipinski definition) is 3. The molecule has 19 heavy (non-hydrogen) atoms. The van der Waals surface area contributed by atoms with Crippen molar-refractivity contribution in [3.63, 3.8) is 0 Å². The molecule has 0 heterocycles. The van der Waals surface area contributed by atoms with Gasteiger partial charge in [-0.1, -0.05) is 31.5 Å². The highest BCUT2D eigenvalue weighted by atomic mass is 16.5. The number of ether oxygens (including phenoxy) is 1. The van der Waals surface area contributed by atoms with Gasteiger partial charge in [0.15, 0.2) is 0 Å². The highest BCUT2D eigenvalue weighted by molar-refractivity contribution is 5.78. The first-order chi connectivity index (χ1) is 9.22. The molecule has 0 fully saturated rings. The van der Waals surface area contributed by atoms with E-state index in [1.54, 1.807) is 7.11 Å². The molecule has 3 N–H and O–H groups in total. The van der Waals surface area contributed by atoms with Crippen molar-refractivity contribution >= 4 is 5.91 Å². The Hall–Kier alpha value is -1.55. The largest absolute Gasteiger partial charge is 0.496 e. The topological polar surface area (TPSA) is 64.4 Å². The minimum Gasteiger partial charge on any atom is -0.496 e. The lowest BCUT2D eigenvalue weighted by molar-refractivity contribution is -0.124. The van der Waals surface area contributed by atoms with Gasteiger partial charge in [0.05, 0.1) is 13.0 Å². The minimum absolute atomic E-state index is 0.0549. The van der Waals surface area contributed by atoms with Crippen LogP contribution in [0, 0.1) is 5.92 Å². The van der Waals surface area contributed by atoms with E-state index in [9.17, 15) is 4.79 Å². The third-order valence-electron chi connectivity index (χ3n) is 3.18. The lowest BCUT2D eigenvalue weighted by atomic mass is 10.0. The summed E-state index contributed by atoms with van der Waals surface area (Å²) in [7, 11) is 1.66. The molecule has 1 unspecified atom stereocenters. The van der Waals surface area contributed by atoms with E-state index in [1.165, 1.54) is 0 Å². The SMILES string of the molecule is CCCC(CN)C(=O)NCCc1ccccc1OC. The van der Waals surface area contributed by atoms with Gasteiger partial charge in [0.25, 0.3) is 0 Å². The number of methoxy groups -OCH3 is 1. The zero-order valence-electron chi connectivity index (χ0n) is 11.8. The van der Waals surface area contributed by atoms with Crippen LogP contribution in [0.1, 0.15) is 25.3 Å². The van der Waals surface area contributed by atoms with Crippen molar-refractivity contribution in [2.45, 2.75) is 26.2 Å². The average Bonchev–Trinajstić information content (AvgIpc) is 2.45. The Morgan fingerprint density at radius 1 is 1.42 bits per heavy atom. The molecule has 1 aromatic carbocycles. The number of nitrogens with one attached hydrogen (secondary N) is 1. The molecule has 0 saturated carbocycles. The number of hydrogen-bond donors (Lipinski definition) is 2. The summed E-state index contributed by atoms with van der Waals surface area (Å²) in [6.45, 7) is 3.08. The van der Waals surface area contributed by atoms with Crippen molar-refractivity contribution in [2.75, 3.05) is 20.2 Å². The Kier molecular flexibility index (Phi) is 6.97. The first-order valence-corrected chi connectivity index (χ1v) is 6.82. The zero-order valence-corrected chi connectivity index (χ0v) is 11.8. The maximum absolute atomic E-state index is 11.9. The molecule has 1 atom stereocenters. The third-order valence-corrected chi connectivity index (χ3v) is 3.18. The van der Waals surface area contributed by atoms with Crippen LogP contribution < -0.4 is 15.8 Å². The molecule has 4 heteroatoms. The number of carbonyl (C=O) groups is 1. The molecule has 0 aliphatic heterocycles. The van der Waals surface area contributed by atoms with Gasteiger partial charge < -0.3 is 15.8 Å². The van der Waals surface area contributed by atoms with Gasteiger partial charge in [-0.25, -0.2) is 0 Å². The number of rotatable bonds is 8. The number of amides is 1. The predicted octanol–water partition coefficient (Wildman–Crippen LogP) is 1.73. The second kappa shape index (κ2) is 8.53. The van der Waals surface area contributed by atoms with E-state index in [0.29, 0.717) is 13.1 Å². The fraction of sp³-hybridized carbons (Fsp3) is 0.533. The Bertz CT molecular complexity index is 393. The van der Waals surface area contributed by atoms with Crippen molar-refractivity contribution in [2.24, 2.45) is 11.7 Å². The molecular formula is C15H24N2O2. The van der Waals surface area contributed by atoms with E-state index in [0.717, 1.165) is 30.6 Å². The average molecular weight is 264 g/mol. The van der Waals surface area contributed by atoms with Crippen LogP contribution in [0.5, 0.6) is 5.75 Å². The van der Waals surface area contributed by atoms with E-state index in [4.69, 9.17) is 10.5 Å². The van der Waals surface area contributed by atoms with Gasteiger partial charge >= 0.3 is 0 Å². The summed E-state index contributed by atoms with van der Waals surface area (Å²) in [5, 5.41) is 2.94. The first kappa shape index (κ1) is 15.5. The van der Waals surface area contributed by atoms with E-state index in [2.05, 4.69) is 12.2 Å². The smallest absolute Gasteiger partial charge is 0.224 e. The lowest BCUT2D eigenvalue weighted by Crippen LogP contribution is -2.36. The normalized spacial score (nSPS) is 11.9. The van der Waals surface area contributed by atoms with Crippen LogP contribution in [0.2, 0.25) is 0 Å². The van der Waals surface area contributed by atoms with Crippen molar-refractivity contribution in [3.05, 3.63) is 29.8 Å². The molecule has 4 nitrogen and oxygen atoms in total. The van der Waals surface area contributed by atoms with Crippen molar-refractivity contribution in [1.82, 2.24) is 5.32 Å². The Labute approximate surface area is 115 Å². The van der Waals surface area contributed by atoms with Crippen LogP contribution in [0.4, 0.5) is 0 Å². The van der Waals surface area contributed by atoms with Crippen LogP contribution in [-0.4, -0.2) is 26.1 Å². The van der Waals surface area contributed by atoms with Gasteiger partial charge in [-0.3, -0.25) is 4.79 Å². The highest BCUT2D eigenvalue weighted by Gasteiger charge is 2.14. The molecule has 0 bridgehead atoms. The molecule has 0 radical (unpaired) electrons. The molecular weight excluding hydrogens is 240 g/mol. The fourth-order valence-electron chi connectivity index (χ4n) is 2.08. The van der Waals surface area contributed by atoms with E-state index >= 15 is 0 Å². The summed E-state index contributed by atoms with van der Waals surface area (Å²) >= 11 is 0. The van der Waals surface area contributed by atoms with Crippen molar-refractivity contribution in [3.8, 4) is 5.75 Å². The van der Waals surface area contributed by atoms with Crippen LogP contribution in [-0.2, 0) is 11.2 Å². The van der Waals surface area contributed by atoms with Gasteiger partial charge in [-0.05, 0) is 24.5 Å². The van der Waals surface area contributed by atoms with E-state index in [1.807, 2.05) is 24.3 Å². The second-order valence-corrected chi connectivity index (χ2v) is 4.57. The quantitative estimate of drug-likeness (QED) is 0.751. The van der Waals surface area contributed by atoms with Gasteiger partial charge in [0.1, 0.15) is 5.75 Å². The lowest BCUT2D eigenvalue weighted by Gasteiger charge is -2.14. The highest BCUT2D eigenvalue weighted by Crippen LogP contribution is 2.17. The summed E-state index contributed by atoms with van der Waals surface area (Å²) < 4.78 is 5.28. The molecule has 0 aromatic heterocycles. The molecule has 1 aromatic rings. The van der Waals surface area contributed by atoms with Crippen molar-refractivity contribution in [1.29, 1.82) is 0 Å². The number of carbonyl (C=O) groups excluding carboxylic acids is 1. The molecule has 1 amide bonds. The minimum atomic E-state index is -0.0670. The Balaban J connectivity index is 2.43. The number of nitrogens with two attached hydrogens (primary N) is 1. The Morgan fingerprint density at radius 3 is 2.79 bits per heavy atom.